The highest BCUT2D eigenvalue weighted by Crippen LogP contribution is 2.33. The highest BCUT2D eigenvalue weighted by Gasteiger charge is 2.27. The fourth-order valence-corrected chi connectivity index (χ4v) is 2.50. The van der Waals surface area contributed by atoms with Crippen LogP contribution in [0.5, 0.6) is 5.88 Å². The van der Waals surface area contributed by atoms with Crippen molar-refractivity contribution in [1.82, 2.24) is 9.78 Å². The number of benzene rings is 1. The van der Waals surface area contributed by atoms with E-state index in [1.54, 1.807) is 7.11 Å². The molecule has 1 aromatic heterocycles. The van der Waals surface area contributed by atoms with Crippen molar-refractivity contribution < 1.29 is 4.74 Å². The lowest BCUT2D eigenvalue weighted by atomic mass is 9.88. The Morgan fingerprint density at radius 3 is 2.33 bits per heavy atom. The molecule has 0 aliphatic carbocycles. The predicted octanol–water partition coefficient (Wildman–Crippen LogP) is 3.33. The third-order valence-corrected chi connectivity index (χ3v) is 3.56. The molecule has 0 saturated carbocycles. The monoisotopic (exact) mass is 307 g/mol. The number of hydrogen-bond donors (Lipinski definition) is 1. The first-order valence-electron chi connectivity index (χ1n) is 7.01. The van der Waals surface area contributed by atoms with Crippen molar-refractivity contribution in [2.45, 2.75) is 32.6 Å². The molecular weight excluding hydrogens is 286 g/mol. The minimum atomic E-state index is -0.0739. The van der Waals surface area contributed by atoms with Crippen LogP contribution in [0.1, 0.15) is 32.0 Å². The number of rotatable bonds is 4. The molecule has 2 N–H and O–H groups in total. The molecule has 2 rings (SSSR count). The summed E-state index contributed by atoms with van der Waals surface area (Å²) in [6.45, 7) is 6.98. The summed E-state index contributed by atoms with van der Waals surface area (Å²) >= 11 is 5.95. The summed E-state index contributed by atoms with van der Waals surface area (Å²) in [7, 11) is 1.66. The van der Waals surface area contributed by atoms with Crippen molar-refractivity contribution in [1.29, 1.82) is 0 Å². The van der Waals surface area contributed by atoms with E-state index in [1.807, 2.05) is 28.9 Å². The van der Waals surface area contributed by atoms with Crippen molar-refractivity contribution in [2.24, 2.45) is 5.73 Å². The maximum atomic E-state index is 5.95. The second-order valence-electron chi connectivity index (χ2n) is 6.01. The van der Waals surface area contributed by atoms with Crippen LogP contribution >= 0.6 is 11.6 Å². The predicted molar refractivity (Wildman–Crippen MR) is 86.6 cm³/mol. The number of nitrogens with two attached hydrogens (primary N) is 1. The molecule has 1 aromatic carbocycles. The van der Waals surface area contributed by atoms with Crippen molar-refractivity contribution in [2.75, 3.05) is 13.7 Å². The molecule has 0 bridgehead atoms. The topological polar surface area (TPSA) is 53.1 Å². The van der Waals surface area contributed by atoms with E-state index in [2.05, 4.69) is 20.8 Å². The molecule has 114 valence electrons. The second kappa shape index (κ2) is 6.08. The van der Waals surface area contributed by atoms with Crippen LogP contribution in [-0.4, -0.2) is 23.4 Å². The van der Waals surface area contributed by atoms with E-state index in [9.17, 15) is 0 Å². The minimum absolute atomic E-state index is 0.0739. The van der Waals surface area contributed by atoms with Gasteiger partial charge in [0.15, 0.2) is 0 Å². The minimum Gasteiger partial charge on any atom is -0.481 e. The zero-order valence-electron chi connectivity index (χ0n) is 13.0. The molecule has 2 aromatic rings. The van der Waals surface area contributed by atoms with Crippen LogP contribution in [0.15, 0.2) is 24.3 Å². The average molecular weight is 308 g/mol. The Morgan fingerprint density at radius 1 is 1.24 bits per heavy atom. The lowest BCUT2D eigenvalue weighted by Gasteiger charge is -2.17. The van der Waals surface area contributed by atoms with Gasteiger partial charge in [0.05, 0.1) is 18.5 Å². The van der Waals surface area contributed by atoms with Gasteiger partial charge in [0.1, 0.15) is 0 Å². The standard InChI is InChI=1S/C16H22ClN3O/c1-16(2,3)14-13(9-10-18)15(21-4)20(19-14)12-7-5-11(17)6-8-12/h5-8H,9-10,18H2,1-4H3. The van der Waals surface area contributed by atoms with Crippen molar-refractivity contribution in [3.05, 3.63) is 40.5 Å². The number of hydrogen-bond acceptors (Lipinski definition) is 3. The van der Waals surface area contributed by atoms with Gasteiger partial charge in [-0.2, -0.15) is 5.10 Å². The summed E-state index contributed by atoms with van der Waals surface area (Å²) in [6.07, 6.45) is 0.739. The van der Waals surface area contributed by atoms with Crippen LogP contribution in [0.2, 0.25) is 5.02 Å². The average Bonchev–Trinajstić information content (AvgIpc) is 2.78. The Labute approximate surface area is 130 Å². The number of aromatic nitrogens is 2. The molecule has 0 saturated heterocycles. The van der Waals surface area contributed by atoms with Gasteiger partial charge in [0, 0.05) is 16.0 Å². The van der Waals surface area contributed by atoms with Gasteiger partial charge in [0.2, 0.25) is 5.88 Å². The smallest absolute Gasteiger partial charge is 0.219 e. The van der Waals surface area contributed by atoms with Crippen molar-refractivity contribution >= 4 is 11.6 Å². The first-order chi connectivity index (χ1) is 9.88. The fraction of sp³-hybridized carbons (Fsp3) is 0.438. The van der Waals surface area contributed by atoms with Crippen LogP contribution in [0.25, 0.3) is 5.69 Å². The summed E-state index contributed by atoms with van der Waals surface area (Å²) < 4.78 is 7.42. The molecule has 4 nitrogen and oxygen atoms in total. The van der Waals surface area contributed by atoms with E-state index in [-0.39, 0.29) is 5.41 Å². The molecule has 0 aliphatic rings. The Balaban J connectivity index is 2.63. The number of ether oxygens (including phenoxy) is 1. The third-order valence-electron chi connectivity index (χ3n) is 3.31. The molecule has 0 radical (unpaired) electrons. The Morgan fingerprint density at radius 2 is 1.86 bits per heavy atom. The molecule has 0 unspecified atom stereocenters. The zero-order chi connectivity index (χ0) is 15.6. The van der Waals surface area contributed by atoms with Gasteiger partial charge < -0.3 is 10.5 Å². The Bertz CT molecular complexity index is 612. The fourth-order valence-electron chi connectivity index (χ4n) is 2.37. The Hall–Kier alpha value is -1.52. The van der Waals surface area contributed by atoms with Gasteiger partial charge in [-0.25, -0.2) is 4.68 Å². The van der Waals surface area contributed by atoms with Gasteiger partial charge in [-0.15, -0.1) is 0 Å². The maximum Gasteiger partial charge on any atom is 0.219 e. The van der Waals surface area contributed by atoms with E-state index in [0.717, 1.165) is 29.2 Å². The van der Waals surface area contributed by atoms with Crippen LogP contribution < -0.4 is 10.5 Å². The first-order valence-corrected chi connectivity index (χ1v) is 7.38. The highest BCUT2D eigenvalue weighted by atomic mass is 35.5. The third kappa shape index (κ3) is 3.22. The molecule has 0 spiro atoms. The lowest BCUT2D eigenvalue weighted by Crippen LogP contribution is -2.16. The number of nitrogens with zero attached hydrogens (tertiary/aromatic N) is 2. The van der Waals surface area contributed by atoms with Crippen LogP contribution in [0.4, 0.5) is 0 Å². The SMILES string of the molecule is COc1c(CCN)c(C(C)(C)C)nn1-c1ccc(Cl)cc1. The van der Waals surface area contributed by atoms with Crippen LogP contribution in [0.3, 0.4) is 0 Å². The lowest BCUT2D eigenvalue weighted by molar-refractivity contribution is 0.379. The second-order valence-corrected chi connectivity index (χ2v) is 6.45. The van der Waals surface area contributed by atoms with E-state index in [1.165, 1.54) is 0 Å². The van der Waals surface area contributed by atoms with E-state index < -0.39 is 0 Å². The zero-order valence-corrected chi connectivity index (χ0v) is 13.7. The quantitative estimate of drug-likeness (QED) is 0.942. The van der Waals surface area contributed by atoms with Crippen molar-refractivity contribution in [3.63, 3.8) is 0 Å². The molecule has 0 amide bonds. The van der Waals surface area contributed by atoms with Gasteiger partial charge >= 0.3 is 0 Å². The van der Waals surface area contributed by atoms with Gasteiger partial charge in [-0.3, -0.25) is 0 Å². The molecule has 0 aliphatic heterocycles. The first kappa shape index (κ1) is 15.9. The van der Waals surface area contributed by atoms with E-state index in [0.29, 0.717) is 11.6 Å². The molecule has 21 heavy (non-hydrogen) atoms. The largest absolute Gasteiger partial charge is 0.481 e. The molecule has 5 heteroatoms. The Kier molecular flexibility index (Phi) is 4.59. The van der Waals surface area contributed by atoms with Gasteiger partial charge in [-0.1, -0.05) is 32.4 Å². The van der Waals surface area contributed by atoms with E-state index >= 15 is 0 Å². The normalized spacial score (nSPS) is 11.7. The number of methoxy groups -OCH3 is 1. The molecule has 0 atom stereocenters. The summed E-state index contributed by atoms with van der Waals surface area (Å²) in [5.41, 5.74) is 8.69. The van der Waals surface area contributed by atoms with E-state index in [4.69, 9.17) is 27.2 Å². The molecular formula is C16H22ClN3O. The highest BCUT2D eigenvalue weighted by molar-refractivity contribution is 6.30. The number of halogens is 1. The molecule has 0 fully saturated rings. The van der Waals surface area contributed by atoms with Crippen LogP contribution in [0, 0.1) is 0 Å². The molecule has 1 heterocycles. The summed E-state index contributed by atoms with van der Waals surface area (Å²) in [4.78, 5) is 0. The van der Waals surface area contributed by atoms with Crippen molar-refractivity contribution in [3.8, 4) is 11.6 Å². The summed E-state index contributed by atoms with van der Waals surface area (Å²) in [5.74, 6) is 0.743. The summed E-state index contributed by atoms with van der Waals surface area (Å²) in [5, 5.41) is 5.46. The summed E-state index contributed by atoms with van der Waals surface area (Å²) in [6, 6.07) is 7.54. The maximum absolute atomic E-state index is 5.95. The van der Waals surface area contributed by atoms with Gasteiger partial charge in [0.25, 0.3) is 0 Å². The van der Waals surface area contributed by atoms with Gasteiger partial charge in [-0.05, 0) is 37.2 Å². The van der Waals surface area contributed by atoms with Crippen LogP contribution in [-0.2, 0) is 11.8 Å².